The van der Waals surface area contributed by atoms with E-state index in [9.17, 15) is 19.2 Å². The molecule has 2 aromatic rings. The number of esters is 1. The van der Waals surface area contributed by atoms with Crippen molar-refractivity contribution in [3.8, 4) is 0 Å². The van der Waals surface area contributed by atoms with Crippen molar-refractivity contribution in [3.05, 3.63) is 59.7 Å². The van der Waals surface area contributed by atoms with Gasteiger partial charge in [0.15, 0.2) is 12.4 Å². The summed E-state index contributed by atoms with van der Waals surface area (Å²) in [6, 6.07) is 13.8. The van der Waals surface area contributed by atoms with Crippen LogP contribution in [0, 0.1) is 6.92 Å². The number of carbonyl (C=O) groups excluding carboxylic acids is 4. The molecule has 0 heterocycles. The van der Waals surface area contributed by atoms with Crippen molar-refractivity contribution in [1.82, 2.24) is 0 Å². The molecule has 2 rings (SSSR count). The van der Waals surface area contributed by atoms with Crippen molar-refractivity contribution in [2.45, 2.75) is 26.7 Å². The van der Waals surface area contributed by atoms with E-state index in [2.05, 4.69) is 10.6 Å². The minimum atomic E-state index is -0.646. The van der Waals surface area contributed by atoms with Crippen molar-refractivity contribution in [2.24, 2.45) is 0 Å². The fraction of sp³-hybridized carbons (Fsp3) is 0.238. The first-order chi connectivity index (χ1) is 13.3. The zero-order valence-electron chi connectivity index (χ0n) is 15.8. The van der Waals surface area contributed by atoms with Crippen LogP contribution in [0.5, 0.6) is 0 Å². The fourth-order valence-electron chi connectivity index (χ4n) is 2.39. The van der Waals surface area contributed by atoms with Gasteiger partial charge in [-0.3, -0.25) is 19.2 Å². The van der Waals surface area contributed by atoms with E-state index in [0.717, 1.165) is 5.56 Å². The average Bonchev–Trinajstić information content (AvgIpc) is 2.65. The van der Waals surface area contributed by atoms with Crippen molar-refractivity contribution in [1.29, 1.82) is 0 Å². The highest BCUT2D eigenvalue weighted by Crippen LogP contribution is 2.12. The Morgan fingerprint density at radius 3 is 2.18 bits per heavy atom. The van der Waals surface area contributed by atoms with E-state index in [1.165, 1.54) is 13.0 Å². The van der Waals surface area contributed by atoms with Gasteiger partial charge in [-0.2, -0.15) is 0 Å². The highest BCUT2D eigenvalue weighted by atomic mass is 16.5. The number of aryl methyl sites for hydroxylation is 1. The summed E-state index contributed by atoms with van der Waals surface area (Å²) in [5.74, 6) is -1.61. The Morgan fingerprint density at radius 1 is 0.857 bits per heavy atom. The van der Waals surface area contributed by atoms with Crippen LogP contribution >= 0.6 is 0 Å². The summed E-state index contributed by atoms with van der Waals surface area (Å²) >= 11 is 0. The number of Topliss-reactive ketones (excluding diaryl/α,β-unsaturated/α-hetero) is 1. The minimum absolute atomic E-state index is 0.0466. The highest BCUT2D eigenvalue weighted by molar-refractivity contribution is 5.98. The molecule has 0 atom stereocenters. The van der Waals surface area contributed by atoms with Gasteiger partial charge < -0.3 is 15.4 Å². The van der Waals surface area contributed by atoms with Gasteiger partial charge >= 0.3 is 5.97 Å². The Morgan fingerprint density at radius 2 is 1.50 bits per heavy atom. The number of hydrogen-bond donors (Lipinski definition) is 2. The third-order valence-electron chi connectivity index (χ3n) is 3.78. The molecule has 0 aromatic heterocycles. The molecule has 0 unspecified atom stereocenters. The molecular weight excluding hydrogens is 360 g/mol. The molecular formula is C21H22N2O5. The quantitative estimate of drug-likeness (QED) is 0.540. The van der Waals surface area contributed by atoms with Gasteiger partial charge in [-0.05, 0) is 43.7 Å². The SMILES string of the molecule is CC(=O)c1cccc(NC(=O)COC(=O)CCC(=O)Nc2cccc(C)c2)c1. The smallest absolute Gasteiger partial charge is 0.306 e. The third kappa shape index (κ3) is 7.03. The molecule has 0 aliphatic heterocycles. The first-order valence-corrected chi connectivity index (χ1v) is 8.76. The lowest BCUT2D eigenvalue weighted by Crippen LogP contribution is -2.22. The molecule has 2 amide bonds. The molecule has 2 N–H and O–H groups in total. The summed E-state index contributed by atoms with van der Waals surface area (Å²) in [5.41, 5.74) is 2.57. The lowest BCUT2D eigenvalue weighted by atomic mass is 10.1. The van der Waals surface area contributed by atoms with E-state index >= 15 is 0 Å². The van der Waals surface area contributed by atoms with Crippen molar-refractivity contribution >= 4 is 34.9 Å². The van der Waals surface area contributed by atoms with Gasteiger partial charge in [0, 0.05) is 23.4 Å². The molecule has 2 aromatic carbocycles. The largest absolute Gasteiger partial charge is 0.456 e. The molecule has 7 heteroatoms. The highest BCUT2D eigenvalue weighted by Gasteiger charge is 2.11. The van der Waals surface area contributed by atoms with Crippen molar-refractivity contribution in [3.63, 3.8) is 0 Å². The van der Waals surface area contributed by atoms with Gasteiger partial charge in [0.25, 0.3) is 5.91 Å². The van der Waals surface area contributed by atoms with Gasteiger partial charge in [-0.1, -0.05) is 24.3 Å². The summed E-state index contributed by atoms with van der Waals surface area (Å²) in [7, 11) is 0. The Hall–Kier alpha value is -3.48. The van der Waals surface area contributed by atoms with Crippen LogP contribution in [0.3, 0.4) is 0 Å². The van der Waals surface area contributed by atoms with Crippen LogP contribution in [0.25, 0.3) is 0 Å². The predicted molar refractivity (Wildman–Crippen MR) is 105 cm³/mol. The molecule has 0 aliphatic carbocycles. The number of anilines is 2. The molecule has 0 bridgehead atoms. The van der Waals surface area contributed by atoms with Crippen LogP contribution in [0.2, 0.25) is 0 Å². The molecule has 0 radical (unpaired) electrons. The topological polar surface area (TPSA) is 102 Å². The molecule has 0 fully saturated rings. The van der Waals surface area contributed by atoms with Gasteiger partial charge in [-0.25, -0.2) is 0 Å². The number of amides is 2. The Balaban J connectivity index is 1.71. The first kappa shape index (κ1) is 20.8. The maximum absolute atomic E-state index is 11.9. The number of hydrogen-bond acceptors (Lipinski definition) is 5. The maximum atomic E-state index is 11.9. The number of carbonyl (C=O) groups is 4. The Bertz CT molecular complexity index is 892. The lowest BCUT2D eigenvalue weighted by molar-refractivity contribution is -0.147. The van der Waals surface area contributed by atoms with E-state index in [-0.39, 0.29) is 24.5 Å². The number of ether oxygens (including phenoxy) is 1. The summed E-state index contributed by atoms with van der Waals surface area (Å²) in [6.07, 6.45) is -0.181. The average molecular weight is 382 g/mol. The Kier molecular flexibility index (Phi) is 7.45. The number of rotatable bonds is 8. The molecule has 28 heavy (non-hydrogen) atoms. The normalized spacial score (nSPS) is 10.1. The van der Waals surface area contributed by atoms with Gasteiger partial charge in [0.1, 0.15) is 0 Å². The minimum Gasteiger partial charge on any atom is -0.456 e. The summed E-state index contributed by atoms with van der Waals surface area (Å²) in [6.45, 7) is 2.87. The molecule has 0 spiro atoms. The van der Waals surface area contributed by atoms with E-state index in [0.29, 0.717) is 16.9 Å². The lowest BCUT2D eigenvalue weighted by Gasteiger charge is -2.08. The zero-order chi connectivity index (χ0) is 20.5. The van der Waals surface area contributed by atoms with Crippen LogP contribution < -0.4 is 10.6 Å². The van der Waals surface area contributed by atoms with Crippen LogP contribution in [0.15, 0.2) is 48.5 Å². The van der Waals surface area contributed by atoms with E-state index < -0.39 is 18.5 Å². The second kappa shape index (κ2) is 10.0. The van der Waals surface area contributed by atoms with E-state index in [1.54, 1.807) is 24.3 Å². The van der Waals surface area contributed by atoms with Gasteiger partial charge in [0.2, 0.25) is 5.91 Å². The van der Waals surface area contributed by atoms with E-state index in [1.807, 2.05) is 25.1 Å². The Labute approximate surface area is 163 Å². The summed E-state index contributed by atoms with van der Waals surface area (Å²) in [5, 5.41) is 5.24. The van der Waals surface area contributed by atoms with Crippen LogP contribution in [0.4, 0.5) is 11.4 Å². The third-order valence-corrected chi connectivity index (χ3v) is 3.78. The maximum Gasteiger partial charge on any atom is 0.306 e. The zero-order valence-corrected chi connectivity index (χ0v) is 15.8. The van der Waals surface area contributed by atoms with Crippen LogP contribution in [0.1, 0.15) is 35.7 Å². The van der Waals surface area contributed by atoms with Crippen LogP contribution in [-0.2, 0) is 19.1 Å². The van der Waals surface area contributed by atoms with E-state index in [4.69, 9.17) is 4.74 Å². The number of benzene rings is 2. The monoisotopic (exact) mass is 382 g/mol. The summed E-state index contributed by atoms with van der Waals surface area (Å²) in [4.78, 5) is 46.8. The van der Waals surface area contributed by atoms with Crippen molar-refractivity contribution in [2.75, 3.05) is 17.2 Å². The molecule has 146 valence electrons. The predicted octanol–water partition coefficient (Wildman–Crippen LogP) is 3.10. The second-order valence-electron chi connectivity index (χ2n) is 6.26. The van der Waals surface area contributed by atoms with Crippen molar-refractivity contribution < 1.29 is 23.9 Å². The molecule has 0 saturated carbocycles. The summed E-state index contributed by atoms with van der Waals surface area (Å²) < 4.78 is 4.88. The fourth-order valence-corrected chi connectivity index (χ4v) is 2.39. The first-order valence-electron chi connectivity index (χ1n) is 8.76. The molecule has 7 nitrogen and oxygen atoms in total. The van der Waals surface area contributed by atoms with Gasteiger partial charge in [0.05, 0.1) is 6.42 Å². The number of ketones is 1. The standard InChI is InChI=1S/C21H22N2O5/c1-14-5-3-7-17(11-14)22-19(25)9-10-21(27)28-13-20(26)23-18-8-4-6-16(12-18)15(2)24/h3-8,11-12H,9-10,13H2,1-2H3,(H,22,25)(H,23,26). The molecule has 0 saturated heterocycles. The number of nitrogens with one attached hydrogen (secondary N) is 2. The van der Waals surface area contributed by atoms with Gasteiger partial charge in [-0.15, -0.1) is 0 Å². The van der Waals surface area contributed by atoms with Crippen LogP contribution in [-0.4, -0.2) is 30.2 Å². The second-order valence-corrected chi connectivity index (χ2v) is 6.26. The molecule has 0 aliphatic rings.